The molecule has 1 aromatic carbocycles. The van der Waals surface area contributed by atoms with E-state index in [-0.39, 0.29) is 24.0 Å². The summed E-state index contributed by atoms with van der Waals surface area (Å²) in [5.41, 5.74) is 12.0. The highest BCUT2D eigenvalue weighted by Crippen LogP contribution is 2.27. The molecule has 0 radical (unpaired) electrons. The molecule has 122 valence electrons. The van der Waals surface area contributed by atoms with Gasteiger partial charge in [-0.05, 0) is 61.4 Å². The molecule has 3 rings (SSSR count). The number of aryl methyl sites for hydroxylation is 2. The van der Waals surface area contributed by atoms with Crippen LogP contribution in [0.5, 0.6) is 0 Å². The van der Waals surface area contributed by atoms with Gasteiger partial charge in [-0.25, -0.2) is 4.99 Å². The molecular formula is C18H23IN4. The Morgan fingerprint density at radius 2 is 2.04 bits per heavy atom. The minimum absolute atomic E-state index is 0. The second-order valence-corrected chi connectivity index (χ2v) is 5.78. The topological polar surface area (TPSA) is 63.3 Å². The maximum absolute atomic E-state index is 6.04. The average Bonchev–Trinajstić information content (AvgIpc) is 2.55. The van der Waals surface area contributed by atoms with E-state index >= 15 is 0 Å². The van der Waals surface area contributed by atoms with E-state index in [0.29, 0.717) is 12.5 Å². The molecule has 3 N–H and O–H groups in total. The SMILES string of the molecule is Cc1ccc(CN=C(N)Nc2cccc3c2CCCC3)cn1.I. The lowest BCUT2D eigenvalue weighted by atomic mass is 9.90. The van der Waals surface area contributed by atoms with Crippen molar-refractivity contribution < 1.29 is 0 Å². The number of benzene rings is 1. The smallest absolute Gasteiger partial charge is 0.193 e. The van der Waals surface area contributed by atoms with E-state index in [4.69, 9.17) is 5.73 Å². The zero-order valence-corrected chi connectivity index (χ0v) is 15.7. The Morgan fingerprint density at radius 1 is 1.22 bits per heavy atom. The van der Waals surface area contributed by atoms with Gasteiger partial charge in [-0.15, -0.1) is 24.0 Å². The molecule has 23 heavy (non-hydrogen) atoms. The Kier molecular flexibility index (Phi) is 6.38. The molecule has 0 amide bonds. The monoisotopic (exact) mass is 422 g/mol. The number of nitrogens with two attached hydrogens (primary N) is 1. The lowest BCUT2D eigenvalue weighted by Gasteiger charge is -2.19. The van der Waals surface area contributed by atoms with Crippen molar-refractivity contribution in [3.63, 3.8) is 0 Å². The minimum Gasteiger partial charge on any atom is -0.370 e. The molecule has 1 heterocycles. The van der Waals surface area contributed by atoms with Crippen LogP contribution in [0.1, 0.15) is 35.2 Å². The quantitative estimate of drug-likeness (QED) is 0.449. The van der Waals surface area contributed by atoms with Crippen molar-refractivity contribution >= 4 is 35.6 Å². The summed E-state index contributed by atoms with van der Waals surface area (Å²) in [5, 5.41) is 3.26. The number of fused-ring (bicyclic) bond motifs is 1. The zero-order chi connectivity index (χ0) is 15.4. The molecule has 0 fully saturated rings. The molecule has 4 nitrogen and oxygen atoms in total. The van der Waals surface area contributed by atoms with Crippen LogP contribution in [0.3, 0.4) is 0 Å². The maximum atomic E-state index is 6.04. The second-order valence-electron chi connectivity index (χ2n) is 5.78. The number of anilines is 1. The molecule has 1 aliphatic rings. The van der Waals surface area contributed by atoms with Crippen molar-refractivity contribution in [1.29, 1.82) is 0 Å². The van der Waals surface area contributed by atoms with Crippen LogP contribution in [0, 0.1) is 6.92 Å². The van der Waals surface area contributed by atoms with Gasteiger partial charge in [0, 0.05) is 17.6 Å². The van der Waals surface area contributed by atoms with E-state index < -0.39 is 0 Å². The van der Waals surface area contributed by atoms with Crippen molar-refractivity contribution in [2.24, 2.45) is 10.7 Å². The average molecular weight is 422 g/mol. The molecule has 5 heteroatoms. The summed E-state index contributed by atoms with van der Waals surface area (Å²) < 4.78 is 0. The number of guanidine groups is 1. The number of nitrogens with zero attached hydrogens (tertiary/aromatic N) is 2. The van der Waals surface area contributed by atoms with Crippen LogP contribution in [0.2, 0.25) is 0 Å². The van der Waals surface area contributed by atoms with Gasteiger partial charge in [0.1, 0.15) is 0 Å². The Balaban J connectivity index is 0.00000192. The third-order valence-electron chi connectivity index (χ3n) is 4.06. The van der Waals surface area contributed by atoms with E-state index in [9.17, 15) is 0 Å². The summed E-state index contributed by atoms with van der Waals surface area (Å²) in [5.74, 6) is 0.458. The zero-order valence-electron chi connectivity index (χ0n) is 13.4. The Bertz CT molecular complexity index is 680. The predicted molar refractivity (Wildman–Crippen MR) is 106 cm³/mol. The van der Waals surface area contributed by atoms with Crippen molar-refractivity contribution in [2.45, 2.75) is 39.2 Å². The van der Waals surface area contributed by atoms with Crippen LogP contribution in [0.25, 0.3) is 0 Å². The van der Waals surface area contributed by atoms with Crippen molar-refractivity contribution in [3.05, 3.63) is 58.9 Å². The summed E-state index contributed by atoms with van der Waals surface area (Å²) in [6.45, 7) is 2.52. The predicted octanol–water partition coefficient (Wildman–Crippen LogP) is 3.81. The fourth-order valence-corrected chi connectivity index (χ4v) is 2.84. The third kappa shape index (κ3) is 4.67. The normalized spacial score (nSPS) is 13.9. The van der Waals surface area contributed by atoms with E-state index in [2.05, 4.69) is 33.5 Å². The van der Waals surface area contributed by atoms with Crippen LogP contribution in [-0.2, 0) is 19.4 Å². The van der Waals surface area contributed by atoms with Crippen LogP contribution < -0.4 is 11.1 Å². The lowest BCUT2D eigenvalue weighted by Crippen LogP contribution is -2.24. The number of hydrogen-bond donors (Lipinski definition) is 2. The lowest BCUT2D eigenvalue weighted by molar-refractivity contribution is 0.687. The first-order chi connectivity index (χ1) is 10.7. The van der Waals surface area contributed by atoms with Gasteiger partial charge in [-0.2, -0.15) is 0 Å². The first-order valence-corrected chi connectivity index (χ1v) is 7.81. The highest BCUT2D eigenvalue weighted by Gasteiger charge is 2.12. The number of halogens is 1. The number of rotatable bonds is 3. The van der Waals surface area contributed by atoms with E-state index in [1.807, 2.05) is 25.3 Å². The van der Waals surface area contributed by atoms with Gasteiger partial charge in [0.05, 0.1) is 6.54 Å². The van der Waals surface area contributed by atoms with Crippen LogP contribution in [-0.4, -0.2) is 10.9 Å². The minimum atomic E-state index is 0. The molecule has 0 atom stereocenters. The number of pyridine rings is 1. The standard InChI is InChI=1S/C18H22N4.HI/c1-13-9-10-14(11-20-13)12-21-18(19)22-17-8-4-6-15-5-2-3-7-16(15)17;/h4,6,8-11H,2-3,5,7,12H2,1H3,(H3,19,21,22);1H. The van der Waals surface area contributed by atoms with Crippen molar-refractivity contribution in [2.75, 3.05) is 5.32 Å². The van der Waals surface area contributed by atoms with Gasteiger partial charge in [-0.1, -0.05) is 18.2 Å². The van der Waals surface area contributed by atoms with E-state index in [0.717, 1.165) is 29.8 Å². The van der Waals surface area contributed by atoms with E-state index in [1.165, 1.54) is 24.0 Å². The Labute approximate surface area is 154 Å². The number of hydrogen-bond acceptors (Lipinski definition) is 2. The van der Waals surface area contributed by atoms with Gasteiger partial charge in [-0.3, -0.25) is 4.98 Å². The van der Waals surface area contributed by atoms with Crippen LogP contribution in [0.15, 0.2) is 41.5 Å². The van der Waals surface area contributed by atoms with Crippen molar-refractivity contribution in [3.8, 4) is 0 Å². The molecule has 0 saturated heterocycles. The fourth-order valence-electron chi connectivity index (χ4n) is 2.84. The van der Waals surface area contributed by atoms with Gasteiger partial charge < -0.3 is 11.1 Å². The molecular weight excluding hydrogens is 399 g/mol. The maximum Gasteiger partial charge on any atom is 0.193 e. The summed E-state index contributed by atoms with van der Waals surface area (Å²) in [4.78, 5) is 8.68. The molecule has 0 spiro atoms. The van der Waals surface area contributed by atoms with Gasteiger partial charge in [0.2, 0.25) is 0 Å². The summed E-state index contributed by atoms with van der Waals surface area (Å²) >= 11 is 0. The number of aliphatic imine (C=N–C) groups is 1. The van der Waals surface area contributed by atoms with Crippen molar-refractivity contribution in [1.82, 2.24) is 4.98 Å². The molecule has 0 bridgehead atoms. The Morgan fingerprint density at radius 3 is 2.83 bits per heavy atom. The Hall–Kier alpha value is -1.63. The van der Waals surface area contributed by atoms with E-state index in [1.54, 1.807) is 0 Å². The molecule has 1 aromatic heterocycles. The summed E-state index contributed by atoms with van der Waals surface area (Å²) in [6, 6.07) is 10.4. The number of aromatic nitrogens is 1. The molecule has 0 aliphatic heterocycles. The molecule has 1 aliphatic carbocycles. The second kappa shape index (κ2) is 8.29. The van der Waals surface area contributed by atoms with Gasteiger partial charge in [0.25, 0.3) is 0 Å². The largest absolute Gasteiger partial charge is 0.370 e. The third-order valence-corrected chi connectivity index (χ3v) is 4.06. The summed E-state index contributed by atoms with van der Waals surface area (Å²) in [6.07, 6.45) is 6.65. The highest BCUT2D eigenvalue weighted by atomic mass is 127. The fraction of sp³-hybridized carbons (Fsp3) is 0.333. The van der Waals surface area contributed by atoms with Gasteiger partial charge in [0.15, 0.2) is 5.96 Å². The van der Waals surface area contributed by atoms with Crippen LogP contribution in [0.4, 0.5) is 5.69 Å². The summed E-state index contributed by atoms with van der Waals surface area (Å²) in [7, 11) is 0. The number of nitrogens with one attached hydrogen (secondary N) is 1. The molecule has 2 aromatic rings. The first kappa shape index (κ1) is 17.7. The molecule has 0 unspecified atom stereocenters. The highest BCUT2D eigenvalue weighted by molar-refractivity contribution is 14.0. The first-order valence-electron chi connectivity index (χ1n) is 7.81. The van der Waals surface area contributed by atoms with Gasteiger partial charge >= 0.3 is 0 Å². The van der Waals surface area contributed by atoms with Crippen LogP contribution >= 0.6 is 24.0 Å². The molecule has 0 saturated carbocycles.